The molecule has 130 valence electrons. The molecule has 0 bridgehead atoms. The van der Waals surface area contributed by atoms with Crippen molar-refractivity contribution in [2.45, 2.75) is 46.1 Å². The summed E-state index contributed by atoms with van der Waals surface area (Å²) in [6.07, 6.45) is 2.79. The Morgan fingerprint density at radius 3 is 2.78 bits per heavy atom. The minimum atomic E-state index is -0.420. The van der Waals surface area contributed by atoms with Gasteiger partial charge in [0.15, 0.2) is 0 Å². The highest BCUT2D eigenvalue weighted by Gasteiger charge is 2.19. The predicted octanol–water partition coefficient (Wildman–Crippen LogP) is 3.45. The first-order valence-electron chi connectivity index (χ1n) is 9.11. The largest absolute Gasteiger partial charge is 0.490 e. The standard InChI is InChI=1S/C19H32N2O2/c1-4-7-11-20(5-2)12-10-18(22)16-8-9-17-19(15-16)23-14-13-21(17)6-3/h8-9,15,18,22H,4-7,10-14H2,1-3H3. The molecule has 1 aromatic rings. The normalized spacial score (nSPS) is 15.4. The van der Waals surface area contributed by atoms with Crippen LogP contribution < -0.4 is 9.64 Å². The molecule has 1 aromatic carbocycles. The first kappa shape index (κ1) is 18.1. The summed E-state index contributed by atoms with van der Waals surface area (Å²) < 4.78 is 5.78. The first-order valence-corrected chi connectivity index (χ1v) is 9.11. The third kappa shape index (κ3) is 4.85. The average molecular weight is 320 g/mol. The van der Waals surface area contributed by atoms with Crippen molar-refractivity contribution in [1.29, 1.82) is 0 Å². The van der Waals surface area contributed by atoms with E-state index in [0.29, 0.717) is 0 Å². The lowest BCUT2D eigenvalue weighted by Crippen LogP contribution is -2.32. The molecule has 0 aromatic heterocycles. The molecule has 0 radical (unpaired) electrons. The van der Waals surface area contributed by atoms with Gasteiger partial charge in [-0.25, -0.2) is 0 Å². The van der Waals surface area contributed by atoms with Gasteiger partial charge < -0.3 is 19.6 Å². The SMILES string of the molecule is CCCCN(CC)CCC(O)c1ccc2c(c1)OCCN2CC. The minimum Gasteiger partial charge on any atom is -0.490 e. The highest BCUT2D eigenvalue weighted by molar-refractivity contribution is 5.61. The second-order valence-electron chi connectivity index (χ2n) is 6.25. The number of anilines is 1. The lowest BCUT2D eigenvalue weighted by molar-refractivity contribution is 0.142. The summed E-state index contributed by atoms with van der Waals surface area (Å²) in [5.74, 6) is 0.910. The Kier molecular flexibility index (Phi) is 7.18. The fourth-order valence-corrected chi connectivity index (χ4v) is 3.11. The van der Waals surface area contributed by atoms with E-state index in [-0.39, 0.29) is 0 Å². The van der Waals surface area contributed by atoms with E-state index >= 15 is 0 Å². The van der Waals surface area contributed by atoms with Crippen LogP contribution in [0.3, 0.4) is 0 Å². The fraction of sp³-hybridized carbons (Fsp3) is 0.684. The van der Waals surface area contributed by atoms with Crippen LogP contribution in [0.15, 0.2) is 18.2 Å². The molecule has 0 aliphatic carbocycles. The predicted molar refractivity (Wildman–Crippen MR) is 96.4 cm³/mol. The van der Waals surface area contributed by atoms with Crippen molar-refractivity contribution in [2.75, 3.05) is 44.2 Å². The molecule has 4 nitrogen and oxygen atoms in total. The van der Waals surface area contributed by atoms with Crippen molar-refractivity contribution >= 4 is 5.69 Å². The number of fused-ring (bicyclic) bond motifs is 1. The van der Waals surface area contributed by atoms with Gasteiger partial charge in [-0.15, -0.1) is 0 Å². The zero-order valence-electron chi connectivity index (χ0n) is 14.9. The van der Waals surface area contributed by atoms with Crippen molar-refractivity contribution in [1.82, 2.24) is 4.90 Å². The summed E-state index contributed by atoms with van der Waals surface area (Å²) in [7, 11) is 0. The van der Waals surface area contributed by atoms with E-state index in [1.807, 2.05) is 12.1 Å². The van der Waals surface area contributed by atoms with Gasteiger partial charge in [0.25, 0.3) is 0 Å². The lowest BCUT2D eigenvalue weighted by Gasteiger charge is -2.31. The Labute approximate surface area is 141 Å². The molecule has 0 spiro atoms. The van der Waals surface area contributed by atoms with Crippen LogP contribution in [0, 0.1) is 0 Å². The molecule has 2 rings (SSSR count). The summed E-state index contributed by atoms with van der Waals surface area (Å²) in [5, 5.41) is 10.5. The first-order chi connectivity index (χ1) is 11.2. The van der Waals surface area contributed by atoms with Crippen LogP contribution in [0.25, 0.3) is 0 Å². The molecule has 1 atom stereocenters. The molecular formula is C19H32N2O2. The molecule has 1 unspecified atom stereocenters. The number of hydrogen-bond acceptors (Lipinski definition) is 4. The lowest BCUT2D eigenvalue weighted by atomic mass is 10.0. The van der Waals surface area contributed by atoms with Crippen LogP contribution >= 0.6 is 0 Å². The van der Waals surface area contributed by atoms with Gasteiger partial charge in [0.1, 0.15) is 12.4 Å². The van der Waals surface area contributed by atoms with Gasteiger partial charge >= 0.3 is 0 Å². The molecule has 1 aliphatic rings. The highest BCUT2D eigenvalue weighted by atomic mass is 16.5. The van der Waals surface area contributed by atoms with E-state index in [2.05, 4.69) is 36.6 Å². The Hall–Kier alpha value is -1.26. The summed E-state index contributed by atoms with van der Waals surface area (Å²) in [6.45, 7) is 12.3. The fourth-order valence-electron chi connectivity index (χ4n) is 3.11. The Bertz CT molecular complexity index is 478. The van der Waals surface area contributed by atoms with Crippen molar-refractivity contribution < 1.29 is 9.84 Å². The number of aliphatic hydroxyl groups is 1. The third-order valence-electron chi connectivity index (χ3n) is 4.70. The zero-order chi connectivity index (χ0) is 16.7. The number of ether oxygens (including phenoxy) is 1. The number of nitrogens with zero attached hydrogens (tertiary/aromatic N) is 2. The molecule has 0 fully saturated rings. The average Bonchev–Trinajstić information content (AvgIpc) is 2.60. The van der Waals surface area contributed by atoms with E-state index in [1.54, 1.807) is 0 Å². The minimum absolute atomic E-state index is 0.420. The quantitative estimate of drug-likeness (QED) is 0.756. The summed E-state index contributed by atoms with van der Waals surface area (Å²) in [4.78, 5) is 4.74. The van der Waals surface area contributed by atoms with E-state index in [1.165, 1.54) is 12.8 Å². The number of hydrogen-bond donors (Lipinski definition) is 1. The van der Waals surface area contributed by atoms with E-state index < -0.39 is 6.10 Å². The highest BCUT2D eigenvalue weighted by Crippen LogP contribution is 2.34. The van der Waals surface area contributed by atoms with Crippen LogP contribution in [-0.4, -0.2) is 49.3 Å². The van der Waals surface area contributed by atoms with Gasteiger partial charge in [0.2, 0.25) is 0 Å². The van der Waals surface area contributed by atoms with Gasteiger partial charge in [0.05, 0.1) is 18.3 Å². The van der Waals surface area contributed by atoms with Crippen LogP contribution in [0.5, 0.6) is 5.75 Å². The van der Waals surface area contributed by atoms with Crippen molar-refractivity contribution in [3.63, 3.8) is 0 Å². The Morgan fingerprint density at radius 2 is 2.09 bits per heavy atom. The Balaban J connectivity index is 1.96. The maximum atomic E-state index is 10.5. The number of unbranched alkanes of at least 4 members (excludes halogenated alkanes) is 1. The molecular weight excluding hydrogens is 288 g/mol. The molecule has 1 heterocycles. The molecule has 1 aliphatic heterocycles. The summed E-state index contributed by atoms with van der Waals surface area (Å²) in [6, 6.07) is 6.15. The van der Waals surface area contributed by atoms with Gasteiger partial charge in [-0.3, -0.25) is 0 Å². The van der Waals surface area contributed by atoms with Gasteiger partial charge in [0, 0.05) is 13.1 Å². The molecule has 4 heteroatoms. The molecule has 23 heavy (non-hydrogen) atoms. The van der Waals surface area contributed by atoms with Crippen molar-refractivity contribution in [3.8, 4) is 5.75 Å². The maximum absolute atomic E-state index is 10.5. The second kappa shape index (κ2) is 9.14. The van der Waals surface area contributed by atoms with Crippen LogP contribution in [0.2, 0.25) is 0 Å². The number of rotatable bonds is 9. The van der Waals surface area contributed by atoms with Crippen LogP contribution in [-0.2, 0) is 0 Å². The van der Waals surface area contributed by atoms with E-state index in [4.69, 9.17) is 4.74 Å². The van der Waals surface area contributed by atoms with Crippen LogP contribution in [0.1, 0.15) is 51.7 Å². The molecule has 0 saturated carbocycles. The van der Waals surface area contributed by atoms with Gasteiger partial charge in [-0.1, -0.05) is 26.3 Å². The Morgan fingerprint density at radius 1 is 1.26 bits per heavy atom. The molecule has 0 amide bonds. The zero-order valence-corrected chi connectivity index (χ0v) is 14.9. The van der Waals surface area contributed by atoms with Gasteiger partial charge in [-0.05, 0) is 50.6 Å². The maximum Gasteiger partial charge on any atom is 0.143 e. The number of aliphatic hydroxyl groups excluding tert-OH is 1. The third-order valence-corrected chi connectivity index (χ3v) is 4.70. The molecule has 0 saturated heterocycles. The van der Waals surface area contributed by atoms with Crippen LogP contribution in [0.4, 0.5) is 5.69 Å². The molecule has 1 N–H and O–H groups in total. The van der Waals surface area contributed by atoms with E-state index in [9.17, 15) is 5.11 Å². The van der Waals surface area contributed by atoms with E-state index in [0.717, 1.165) is 62.8 Å². The summed E-state index contributed by atoms with van der Waals surface area (Å²) in [5.41, 5.74) is 2.11. The van der Waals surface area contributed by atoms with Crippen molar-refractivity contribution in [2.24, 2.45) is 0 Å². The second-order valence-corrected chi connectivity index (χ2v) is 6.25. The smallest absolute Gasteiger partial charge is 0.143 e. The van der Waals surface area contributed by atoms with Crippen molar-refractivity contribution in [3.05, 3.63) is 23.8 Å². The summed E-state index contributed by atoms with van der Waals surface area (Å²) >= 11 is 0. The number of likely N-dealkylation sites (N-methyl/N-ethyl adjacent to an activating group) is 1. The number of benzene rings is 1. The van der Waals surface area contributed by atoms with Gasteiger partial charge in [-0.2, -0.15) is 0 Å². The topological polar surface area (TPSA) is 35.9 Å². The monoisotopic (exact) mass is 320 g/mol.